The number of esters is 2. The molecule has 10 nitrogen and oxygen atoms in total. The summed E-state index contributed by atoms with van der Waals surface area (Å²) in [6, 6.07) is 4.90. The van der Waals surface area contributed by atoms with Crippen molar-refractivity contribution in [2.45, 2.75) is 78.4 Å². The Bertz CT molecular complexity index is 1060. The molecule has 0 aromatic heterocycles. The van der Waals surface area contributed by atoms with Crippen molar-refractivity contribution in [3.63, 3.8) is 0 Å². The molecular formula is C28H39N3O7. The van der Waals surface area contributed by atoms with Gasteiger partial charge in [0.1, 0.15) is 17.8 Å². The summed E-state index contributed by atoms with van der Waals surface area (Å²) in [6.45, 7) is 9.05. The van der Waals surface area contributed by atoms with Gasteiger partial charge in [0.25, 0.3) is 5.91 Å². The fraction of sp³-hybridized carbons (Fsp3) is 0.536. The lowest BCUT2D eigenvalue weighted by atomic mass is 9.97. The second-order valence-electron chi connectivity index (χ2n) is 9.41. The smallest absolute Gasteiger partial charge is 0.328 e. The van der Waals surface area contributed by atoms with Crippen LogP contribution >= 0.6 is 0 Å². The van der Waals surface area contributed by atoms with Crippen LogP contribution in [-0.2, 0) is 35.1 Å². The molecule has 1 aliphatic rings. The number of ether oxygens (including phenoxy) is 2. The SMILES string of the molecule is CCOC(=O)CC[C@@H](NC(=O)[C@@H](NC(=O)C1=C(C)C(CCc2ccccc2O)N=C1)C(C)C)C(=O)OCC. The number of rotatable bonds is 14. The molecule has 2 amide bonds. The number of nitrogens with one attached hydrogen (secondary N) is 2. The zero-order valence-corrected chi connectivity index (χ0v) is 22.8. The van der Waals surface area contributed by atoms with Crippen LogP contribution in [0.4, 0.5) is 0 Å². The molecule has 2 rings (SSSR count). The number of nitrogens with zero attached hydrogens (tertiary/aromatic N) is 1. The van der Waals surface area contributed by atoms with Gasteiger partial charge in [-0.25, -0.2) is 4.79 Å². The van der Waals surface area contributed by atoms with Gasteiger partial charge in [-0.2, -0.15) is 0 Å². The molecule has 10 heteroatoms. The zero-order chi connectivity index (χ0) is 28.2. The fourth-order valence-electron chi connectivity index (χ4n) is 4.10. The van der Waals surface area contributed by atoms with Crippen LogP contribution in [0.2, 0.25) is 0 Å². The van der Waals surface area contributed by atoms with E-state index in [0.29, 0.717) is 18.4 Å². The highest BCUT2D eigenvalue weighted by Gasteiger charge is 2.32. The summed E-state index contributed by atoms with van der Waals surface area (Å²) in [4.78, 5) is 54.9. The van der Waals surface area contributed by atoms with Crippen molar-refractivity contribution in [1.29, 1.82) is 0 Å². The summed E-state index contributed by atoms with van der Waals surface area (Å²) in [5, 5.41) is 15.4. The minimum Gasteiger partial charge on any atom is -0.508 e. The van der Waals surface area contributed by atoms with Gasteiger partial charge in [0.2, 0.25) is 5.91 Å². The number of hydrogen-bond donors (Lipinski definition) is 3. The molecule has 1 unspecified atom stereocenters. The molecule has 0 aliphatic carbocycles. The Morgan fingerprint density at radius 3 is 2.37 bits per heavy atom. The number of amides is 2. The van der Waals surface area contributed by atoms with Crippen molar-refractivity contribution in [1.82, 2.24) is 10.6 Å². The van der Waals surface area contributed by atoms with Gasteiger partial charge in [0.15, 0.2) is 0 Å². The molecular weight excluding hydrogens is 490 g/mol. The van der Waals surface area contributed by atoms with Gasteiger partial charge in [0, 0.05) is 12.6 Å². The standard InChI is InChI=1S/C28H39N3O7/c1-6-37-24(33)15-14-22(28(36)38-7-2)30-27(35)25(17(3)4)31-26(34)20-16-29-21(18(20)5)13-12-19-10-8-9-11-23(19)32/h8-11,16-17,21-22,25,32H,6-7,12-15H2,1-5H3,(H,30,35)(H,31,34)/t21?,22-,25+/m1/s1. The highest BCUT2D eigenvalue weighted by molar-refractivity contribution is 6.15. The first-order valence-electron chi connectivity index (χ1n) is 13.0. The highest BCUT2D eigenvalue weighted by Crippen LogP contribution is 2.25. The molecule has 0 saturated carbocycles. The van der Waals surface area contributed by atoms with Crippen LogP contribution in [-0.4, -0.2) is 66.4 Å². The Kier molecular flexibility index (Phi) is 12.0. The van der Waals surface area contributed by atoms with Crippen molar-refractivity contribution in [2.24, 2.45) is 10.9 Å². The fourth-order valence-corrected chi connectivity index (χ4v) is 4.10. The molecule has 3 atom stereocenters. The lowest BCUT2D eigenvalue weighted by Gasteiger charge is -2.25. The lowest BCUT2D eigenvalue weighted by Crippen LogP contribution is -2.54. The van der Waals surface area contributed by atoms with Crippen LogP contribution in [0, 0.1) is 5.92 Å². The number of phenolic OH excluding ortho intramolecular Hbond substituents is 1. The Hall–Kier alpha value is -3.69. The van der Waals surface area contributed by atoms with Crippen LogP contribution < -0.4 is 10.6 Å². The van der Waals surface area contributed by atoms with E-state index in [9.17, 15) is 24.3 Å². The largest absolute Gasteiger partial charge is 0.508 e. The molecule has 3 N–H and O–H groups in total. The van der Waals surface area contributed by atoms with Crippen LogP contribution in [0.5, 0.6) is 5.75 Å². The molecule has 0 saturated heterocycles. The number of para-hydroxylation sites is 1. The Morgan fingerprint density at radius 1 is 1.05 bits per heavy atom. The topological polar surface area (TPSA) is 143 Å². The number of carbonyl (C=O) groups is 4. The van der Waals surface area contributed by atoms with Gasteiger partial charge < -0.3 is 25.2 Å². The summed E-state index contributed by atoms with van der Waals surface area (Å²) in [6.07, 6.45) is 2.67. The van der Waals surface area contributed by atoms with Crippen LogP contribution in [0.15, 0.2) is 40.4 Å². The van der Waals surface area contributed by atoms with Gasteiger partial charge in [-0.3, -0.25) is 19.4 Å². The molecule has 0 spiro atoms. The van der Waals surface area contributed by atoms with Crippen molar-refractivity contribution in [3.05, 3.63) is 41.0 Å². The van der Waals surface area contributed by atoms with Gasteiger partial charge in [-0.05, 0) is 63.2 Å². The second-order valence-corrected chi connectivity index (χ2v) is 9.41. The number of hydrogen-bond acceptors (Lipinski definition) is 8. The molecule has 1 aliphatic heterocycles. The monoisotopic (exact) mass is 529 g/mol. The van der Waals surface area contributed by atoms with Crippen LogP contribution in [0.1, 0.15) is 59.4 Å². The molecule has 38 heavy (non-hydrogen) atoms. The van der Waals surface area contributed by atoms with E-state index in [1.54, 1.807) is 39.8 Å². The summed E-state index contributed by atoms with van der Waals surface area (Å²) in [7, 11) is 0. The summed E-state index contributed by atoms with van der Waals surface area (Å²) in [5.41, 5.74) is 1.97. The maximum absolute atomic E-state index is 13.1. The maximum Gasteiger partial charge on any atom is 0.328 e. The van der Waals surface area contributed by atoms with Crippen molar-refractivity contribution in [2.75, 3.05) is 13.2 Å². The van der Waals surface area contributed by atoms with Gasteiger partial charge in [0.05, 0.1) is 24.8 Å². The third-order valence-electron chi connectivity index (χ3n) is 6.30. The maximum atomic E-state index is 13.1. The minimum absolute atomic E-state index is 0.0116. The number of benzene rings is 1. The van der Waals surface area contributed by atoms with Crippen molar-refractivity contribution >= 4 is 30.0 Å². The Morgan fingerprint density at radius 2 is 1.74 bits per heavy atom. The van der Waals surface area contributed by atoms with E-state index in [1.807, 2.05) is 19.1 Å². The normalized spacial score (nSPS) is 16.2. The Balaban J connectivity index is 2.06. The molecule has 0 fully saturated rings. The molecule has 1 aromatic carbocycles. The minimum atomic E-state index is -1.06. The average Bonchev–Trinajstić information content (AvgIpc) is 3.24. The lowest BCUT2D eigenvalue weighted by molar-refractivity contribution is -0.149. The summed E-state index contributed by atoms with van der Waals surface area (Å²) in [5.74, 6) is -2.20. The molecule has 0 radical (unpaired) electrons. The van der Waals surface area contributed by atoms with E-state index in [2.05, 4.69) is 15.6 Å². The summed E-state index contributed by atoms with van der Waals surface area (Å²) >= 11 is 0. The number of aryl methyl sites for hydroxylation is 1. The molecule has 208 valence electrons. The third kappa shape index (κ3) is 8.71. The first kappa shape index (κ1) is 30.5. The molecule has 0 bridgehead atoms. The van der Waals surface area contributed by atoms with Crippen molar-refractivity contribution in [3.8, 4) is 5.75 Å². The van der Waals surface area contributed by atoms with Gasteiger partial charge in [-0.1, -0.05) is 32.0 Å². The predicted octanol–water partition coefficient (Wildman–Crippen LogP) is 2.63. The number of phenols is 1. The predicted molar refractivity (Wildman–Crippen MR) is 143 cm³/mol. The van der Waals surface area contributed by atoms with Crippen LogP contribution in [0.3, 0.4) is 0 Å². The first-order valence-corrected chi connectivity index (χ1v) is 13.0. The first-order chi connectivity index (χ1) is 18.1. The third-order valence-corrected chi connectivity index (χ3v) is 6.30. The number of aromatic hydroxyl groups is 1. The average molecular weight is 530 g/mol. The van der Waals surface area contributed by atoms with E-state index in [4.69, 9.17) is 9.47 Å². The van der Waals surface area contributed by atoms with Crippen molar-refractivity contribution < 1.29 is 33.8 Å². The highest BCUT2D eigenvalue weighted by atomic mass is 16.5. The van der Waals surface area contributed by atoms with Gasteiger partial charge in [-0.15, -0.1) is 0 Å². The number of aliphatic imine (C=N–C) groups is 1. The van der Waals surface area contributed by atoms with Crippen LogP contribution in [0.25, 0.3) is 0 Å². The molecule has 1 aromatic rings. The zero-order valence-electron chi connectivity index (χ0n) is 22.8. The second kappa shape index (κ2) is 14.9. The van der Waals surface area contributed by atoms with E-state index in [-0.39, 0.29) is 43.8 Å². The van der Waals surface area contributed by atoms with E-state index in [0.717, 1.165) is 11.1 Å². The van der Waals surface area contributed by atoms with E-state index in [1.165, 1.54) is 6.21 Å². The van der Waals surface area contributed by atoms with E-state index >= 15 is 0 Å². The summed E-state index contributed by atoms with van der Waals surface area (Å²) < 4.78 is 9.96. The quantitative estimate of drug-likeness (QED) is 0.314. The van der Waals surface area contributed by atoms with Gasteiger partial charge >= 0.3 is 11.9 Å². The molecule has 1 heterocycles. The van der Waals surface area contributed by atoms with E-state index < -0.39 is 35.8 Å². The number of carbonyl (C=O) groups excluding carboxylic acids is 4. The Labute approximate surface area is 223 Å².